The van der Waals surface area contributed by atoms with E-state index in [1.165, 1.54) is 0 Å². The Hall–Kier alpha value is -2.80. The molecule has 1 heterocycles. The molecule has 0 spiro atoms. The summed E-state index contributed by atoms with van der Waals surface area (Å²) < 4.78 is 37.0. The van der Waals surface area contributed by atoms with Crippen molar-refractivity contribution in [1.29, 1.82) is 0 Å². The summed E-state index contributed by atoms with van der Waals surface area (Å²) in [4.78, 5) is 12.3. The van der Waals surface area contributed by atoms with Crippen LogP contribution in [0.5, 0.6) is 11.5 Å². The second-order valence-electron chi connectivity index (χ2n) is 8.49. The number of sulfonamides is 1. The molecule has 3 rings (SSSR count). The highest BCUT2D eigenvalue weighted by Gasteiger charge is 2.33. The average molecular weight is 486 g/mol. The third-order valence-electron chi connectivity index (χ3n) is 5.79. The number of carbonyl (C=O) groups excluding carboxylic acids is 1. The lowest BCUT2D eigenvalue weighted by atomic mass is 10.1. The fraction of sp³-hybridized carbons (Fsp3) is 0.444. The third kappa shape index (κ3) is 7.10. The topological polar surface area (TPSA) is 72.9 Å². The number of carbonyl (C=O) groups is 1. The molecule has 7 heteroatoms. The maximum Gasteiger partial charge on any atom is 0.241 e. The van der Waals surface area contributed by atoms with Gasteiger partial charge in [0.15, 0.2) is 0 Å². The van der Waals surface area contributed by atoms with Crippen LogP contribution in [0.25, 0.3) is 6.08 Å². The molecule has 0 N–H and O–H groups in total. The molecule has 0 saturated carbocycles. The number of benzene rings is 2. The Bertz CT molecular complexity index is 1080. The molecular formula is C27H35NO5S. The molecule has 0 aliphatic carbocycles. The van der Waals surface area contributed by atoms with Gasteiger partial charge >= 0.3 is 0 Å². The highest BCUT2D eigenvalue weighted by atomic mass is 32.2. The summed E-state index contributed by atoms with van der Waals surface area (Å²) in [6, 6.07) is 13.3. The fourth-order valence-electron chi connectivity index (χ4n) is 4.01. The zero-order valence-corrected chi connectivity index (χ0v) is 21.0. The Labute approximate surface area is 203 Å². The van der Waals surface area contributed by atoms with Crippen molar-refractivity contribution in [2.24, 2.45) is 0 Å². The molecular weight excluding hydrogens is 450 g/mol. The van der Waals surface area contributed by atoms with Crippen LogP contribution < -0.4 is 13.8 Å². The number of unbranched alkanes of at least 4 members (excludes halogenated alkanes) is 3. The molecule has 1 amide bonds. The van der Waals surface area contributed by atoms with E-state index in [0.717, 1.165) is 65.5 Å². The van der Waals surface area contributed by atoms with Gasteiger partial charge in [-0.25, -0.2) is 12.7 Å². The Morgan fingerprint density at radius 3 is 2.56 bits per heavy atom. The number of hydrogen-bond donors (Lipinski definition) is 0. The van der Waals surface area contributed by atoms with Crippen LogP contribution in [0.4, 0.5) is 5.69 Å². The van der Waals surface area contributed by atoms with Crippen molar-refractivity contribution in [3.8, 4) is 11.5 Å². The molecule has 1 fully saturated rings. The molecule has 34 heavy (non-hydrogen) atoms. The van der Waals surface area contributed by atoms with Crippen LogP contribution in [-0.4, -0.2) is 33.8 Å². The molecule has 2 aromatic rings. The van der Waals surface area contributed by atoms with Gasteiger partial charge in [0.05, 0.1) is 25.2 Å². The van der Waals surface area contributed by atoms with Crippen molar-refractivity contribution in [2.75, 3.05) is 23.8 Å². The molecule has 1 aliphatic rings. The monoisotopic (exact) mass is 485 g/mol. The number of amides is 1. The van der Waals surface area contributed by atoms with E-state index in [4.69, 9.17) is 9.47 Å². The number of ether oxygens (including phenoxy) is 2. The van der Waals surface area contributed by atoms with Crippen LogP contribution in [0.3, 0.4) is 0 Å². The van der Waals surface area contributed by atoms with E-state index >= 15 is 0 Å². The van der Waals surface area contributed by atoms with Gasteiger partial charge in [-0.3, -0.25) is 4.79 Å². The fourth-order valence-corrected chi connectivity index (χ4v) is 5.54. The summed E-state index contributed by atoms with van der Waals surface area (Å²) in [7, 11) is -1.93. The standard InChI is InChI=1S/C27H35NO5S/c1-3-10-23-21-24(28-27(29)12-9-20-34(28,30)31)15-18-26(23)33-19-8-6-4-5-7-11-22-13-16-25(32-2)17-14-22/h7,11,13-18,21H,3-6,8-10,12,19-20H2,1-2H3/b11-7+. The van der Waals surface area contributed by atoms with Gasteiger partial charge in [-0.05, 0) is 80.0 Å². The molecule has 2 aromatic carbocycles. The van der Waals surface area contributed by atoms with Gasteiger partial charge in [0.2, 0.25) is 15.9 Å². The molecule has 1 saturated heterocycles. The van der Waals surface area contributed by atoms with Gasteiger partial charge < -0.3 is 9.47 Å². The van der Waals surface area contributed by atoms with Crippen LogP contribution in [0.15, 0.2) is 48.5 Å². The lowest BCUT2D eigenvalue weighted by Gasteiger charge is -2.27. The molecule has 1 aliphatic heterocycles. The largest absolute Gasteiger partial charge is 0.497 e. The van der Waals surface area contributed by atoms with E-state index in [2.05, 4.69) is 19.1 Å². The summed E-state index contributed by atoms with van der Waals surface area (Å²) in [6.07, 6.45) is 10.7. The first-order chi connectivity index (χ1) is 16.4. The summed E-state index contributed by atoms with van der Waals surface area (Å²) in [5, 5.41) is 0. The summed E-state index contributed by atoms with van der Waals surface area (Å²) >= 11 is 0. The van der Waals surface area contributed by atoms with Crippen LogP contribution >= 0.6 is 0 Å². The second kappa shape index (κ2) is 12.6. The minimum absolute atomic E-state index is 0.00931. The lowest BCUT2D eigenvalue weighted by molar-refractivity contribution is -0.117. The highest BCUT2D eigenvalue weighted by molar-refractivity contribution is 7.93. The summed E-state index contributed by atoms with van der Waals surface area (Å²) in [5.41, 5.74) is 2.52. The van der Waals surface area contributed by atoms with E-state index in [1.807, 2.05) is 24.3 Å². The predicted molar refractivity (Wildman–Crippen MR) is 137 cm³/mol. The van der Waals surface area contributed by atoms with E-state index in [0.29, 0.717) is 18.7 Å². The van der Waals surface area contributed by atoms with Crippen molar-refractivity contribution in [1.82, 2.24) is 0 Å². The number of nitrogens with zero attached hydrogens (tertiary/aromatic N) is 1. The van der Waals surface area contributed by atoms with Crippen molar-refractivity contribution >= 4 is 27.7 Å². The first-order valence-electron chi connectivity index (χ1n) is 12.1. The highest BCUT2D eigenvalue weighted by Crippen LogP contribution is 2.30. The minimum atomic E-state index is -3.59. The minimum Gasteiger partial charge on any atom is -0.497 e. The smallest absolute Gasteiger partial charge is 0.241 e. The first-order valence-corrected chi connectivity index (χ1v) is 13.7. The molecule has 0 radical (unpaired) electrons. The van der Waals surface area contributed by atoms with Crippen LogP contribution in [0, 0.1) is 0 Å². The molecule has 0 bridgehead atoms. The average Bonchev–Trinajstić information content (AvgIpc) is 2.82. The third-order valence-corrected chi connectivity index (χ3v) is 7.57. The normalized spacial score (nSPS) is 15.6. The number of allylic oxidation sites excluding steroid dienone is 1. The van der Waals surface area contributed by atoms with E-state index in [1.54, 1.807) is 25.3 Å². The SMILES string of the molecule is CCCc1cc(N2C(=O)CCCS2(=O)=O)ccc1OCCCCC/C=C/c1ccc(OC)cc1. The van der Waals surface area contributed by atoms with Crippen LogP contribution in [0.2, 0.25) is 0 Å². The predicted octanol–water partition coefficient (Wildman–Crippen LogP) is 5.76. The van der Waals surface area contributed by atoms with Gasteiger partial charge in [0.25, 0.3) is 0 Å². The second-order valence-corrected chi connectivity index (χ2v) is 10.4. The van der Waals surface area contributed by atoms with E-state index < -0.39 is 10.0 Å². The Kier molecular flexibility index (Phi) is 9.57. The lowest BCUT2D eigenvalue weighted by Crippen LogP contribution is -2.42. The van der Waals surface area contributed by atoms with Crippen molar-refractivity contribution in [3.63, 3.8) is 0 Å². The summed E-state index contributed by atoms with van der Waals surface area (Å²) in [6.45, 7) is 2.68. The van der Waals surface area contributed by atoms with Gasteiger partial charge in [0, 0.05) is 6.42 Å². The Balaban J connectivity index is 1.47. The zero-order chi connectivity index (χ0) is 24.4. The maximum absolute atomic E-state index is 12.4. The number of aryl methyl sites for hydroxylation is 1. The number of anilines is 1. The molecule has 0 aromatic heterocycles. The summed E-state index contributed by atoms with van der Waals surface area (Å²) in [5.74, 6) is 1.28. The first kappa shape index (κ1) is 25.8. The van der Waals surface area contributed by atoms with Gasteiger partial charge in [0.1, 0.15) is 11.5 Å². The Morgan fingerprint density at radius 2 is 1.85 bits per heavy atom. The van der Waals surface area contributed by atoms with Crippen molar-refractivity contribution in [3.05, 3.63) is 59.7 Å². The Morgan fingerprint density at radius 1 is 1.06 bits per heavy atom. The number of hydrogen-bond acceptors (Lipinski definition) is 5. The van der Waals surface area contributed by atoms with Gasteiger partial charge in [-0.15, -0.1) is 0 Å². The van der Waals surface area contributed by atoms with E-state index in [-0.39, 0.29) is 18.1 Å². The van der Waals surface area contributed by atoms with Crippen molar-refractivity contribution in [2.45, 2.75) is 58.3 Å². The molecule has 6 nitrogen and oxygen atoms in total. The quantitative estimate of drug-likeness (QED) is 0.358. The van der Waals surface area contributed by atoms with Crippen LogP contribution in [-0.2, 0) is 21.2 Å². The number of methoxy groups -OCH3 is 1. The zero-order valence-electron chi connectivity index (χ0n) is 20.2. The molecule has 0 unspecified atom stereocenters. The number of rotatable bonds is 12. The maximum atomic E-state index is 12.4. The van der Waals surface area contributed by atoms with Gasteiger partial charge in [-0.2, -0.15) is 0 Å². The molecule has 0 atom stereocenters. The van der Waals surface area contributed by atoms with Crippen molar-refractivity contribution < 1.29 is 22.7 Å². The van der Waals surface area contributed by atoms with Crippen LogP contribution in [0.1, 0.15) is 63.0 Å². The molecule has 184 valence electrons. The van der Waals surface area contributed by atoms with E-state index in [9.17, 15) is 13.2 Å². The van der Waals surface area contributed by atoms with Gasteiger partial charge in [-0.1, -0.05) is 37.6 Å².